The van der Waals surface area contributed by atoms with Crippen molar-refractivity contribution in [2.24, 2.45) is 0 Å². The summed E-state index contributed by atoms with van der Waals surface area (Å²) < 4.78 is 13.0. The fourth-order valence-electron chi connectivity index (χ4n) is 1.77. The Hall–Kier alpha value is -1.99. The molecule has 0 radical (unpaired) electrons. The number of carbonyl (C=O) groups is 1. The van der Waals surface area contributed by atoms with Gasteiger partial charge in [0.05, 0.1) is 6.07 Å². The van der Waals surface area contributed by atoms with Gasteiger partial charge in [-0.3, -0.25) is 4.79 Å². The van der Waals surface area contributed by atoms with Gasteiger partial charge < -0.3 is 0 Å². The number of aryl methyl sites for hydroxylation is 1. The van der Waals surface area contributed by atoms with Gasteiger partial charge in [0, 0.05) is 10.4 Å². The van der Waals surface area contributed by atoms with Crippen LogP contribution in [0.3, 0.4) is 0 Å². The fraction of sp³-hybridized carbons (Fsp3) is 0.143. The van der Waals surface area contributed by atoms with Crippen molar-refractivity contribution in [1.82, 2.24) is 0 Å². The van der Waals surface area contributed by atoms with Crippen LogP contribution in [0.25, 0.3) is 0 Å². The van der Waals surface area contributed by atoms with Crippen molar-refractivity contribution in [3.05, 3.63) is 57.5 Å². The zero-order chi connectivity index (χ0) is 13.1. The first-order chi connectivity index (χ1) is 8.63. The lowest BCUT2D eigenvalue weighted by molar-refractivity contribution is 0.0979. The van der Waals surface area contributed by atoms with Crippen molar-refractivity contribution < 1.29 is 9.18 Å². The Kier molecular flexibility index (Phi) is 3.54. The lowest BCUT2D eigenvalue weighted by Crippen LogP contribution is -2.11. The molecule has 0 bridgehead atoms. The smallest absolute Gasteiger partial charge is 0.185 e. The quantitative estimate of drug-likeness (QED) is 0.789. The molecule has 1 aromatic carbocycles. The average molecular weight is 259 g/mol. The molecule has 0 amide bonds. The number of nitriles is 1. The predicted octanol–water partition coefficient (Wildman–Crippen LogP) is 3.69. The van der Waals surface area contributed by atoms with Gasteiger partial charge in [-0.1, -0.05) is 6.07 Å². The van der Waals surface area contributed by atoms with E-state index in [-0.39, 0.29) is 11.6 Å². The number of hydrogen-bond donors (Lipinski definition) is 0. The maximum absolute atomic E-state index is 13.0. The molecule has 0 saturated heterocycles. The molecule has 0 fully saturated rings. The summed E-state index contributed by atoms with van der Waals surface area (Å²) in [6.45, 7) is 1.67. The first-order valence-corrected chi connectivity index (χ1v) is 6.25. The van der Waals surface area contributed by atoms with Gasteiger partial charge in [-0.25, -0.2) is 4.39 Å². The minimum Gasteiger partial charge on any atom is -0.292 e. The van der Waals surface area contributed by atoms with Crippen LogP contribution in [0.1, 0.15) is 26.7 Å². The minimum absolute atomic E-state index is 0.280. The number of rotatable bonds is 3. The zero-order valence-electron chi connectivity index (χ0n) is 9.68. The van der Waals surface area contributed by atoms with Gasteiger partial charge in [-0.05, 0) is 42.1 Å². The maximum atomic E-state index is 13.0. The van der Waals surface area contributed by atoms with Crippen molar-refractivity contribution >= 4 is 17.1 Å². The fourth-order valence-corrected chi connectivity index (χ4v) is 2.53. The molecule has 0 aliphatic heterocycles. The van der Waals surface area contributed by atoms with E-state index in [1.807, 2.05) is 11.4 Å². The van der Waals surface area contributed by atoms with Crippen LogP contribution in [0.5, 0.6) is 0 Å². The predicted molar refractivity (Wildman–Crippen MR) is 68.1 cm³/mol. The summed E-state index contributed by atoms with van der Waals surface area (Å²) in [5.41, 5.74) is 0.952. The van der Waals surface area contributed by atoms with Crippen molar-refractivity contribution in [2.45, 2.75) is 12.8 Å². The van der Waals surface area contributed by atoms with Crippen LogP contribution < -0.4 is 0 Å². The number of halogens is 1. The molecule has 0 spiro atoms. The van der Waals surface area contributed by atoms with Gasteiger partial charge in [0.25, 0.3) is 0 Å². The topological polar surface area (TPSA) is 40.9 Å². The van der Waals surface area contributed by atoms with E-state index in [1.165, 1.54) is 29.5 Å². The molecule has 0 saturated carbocycles. The Bertz CT molecular complexity index is 613. The molecule has 1 unspecified atom stereocenters. The lowest BCUT2D eigenvalue weighted by Gasteiger charge is -2.08. The van der Waals surface area contributed by atoms with Gasteiger partial charge in [-0.2, -0.15) is 5.26 Å². The minimum atomic E-state index is -0.811. The van der Waals surface area contributed by atoms with Gasteiger partial charge in [-0.15, -0.1) is 11.3 Å². The standard InChI is InChI=1S/C14H10FNOS/c1-9-7-10(15)4-5-11(9)14(17)12(8-16)13-3-2-6-18-13/h2-7,12H,1H3. The SMILES string of the molecule is Cc1cc(F)ccc1C(=O)C(C#N)c1cccs1. The van der Waals surface area contributed by atoms with Crippen LogP contribution in [0, 0.1) is 24.1 Å². The van der Waals surface area contributed by atoms with Crippen molar-refractivity contribution in [3.63, 3.8) is 0 Å². The molecule has 18 heavy (non-hydrogen) atoms. The third-order valence-corrected chi connectivity index (χ3v) is 3.61. The first-order valence-electron chi connectivity index (χ1n) is 5.37. The number of hydrogen-bond acceptors (Lipinski definition) is 3. The molecule has 4 heteroatoms. The highest BCUT2D eigenvalue weighted by Crippen LogP contribution is 2.26. The second kappa shape index (κ2) is 5.11. The Labute approximate surface area is 108 Å². The average Bonchev–Trinajstić information content (AvgIpc) is 2.83. The normalized spacial score (nSPS) is 11.8. The van der Waals surface area contributed by atoms with E-state index in [4.69, 9.17) is 5.26 Å². The lowest BCUT2D eigenvalue weighted by atomic mass is 9.94. The summed E-state index contributed by atoms with van der Waals surface area (Å²) in [6.07, 6.45) is 0. The Balaban J connectivity index is 2.39. The van der Waals surface area contributed by atoms with E-state index < -0.39 is 5.92 Å². The van der Waals surface area contributed by atoms with Crippen molar-refractivity contribution in [1.29, 1.82) is 5.26 Å². The third-order valence-electron chi connectivity index (χ3n) is 2.67. The van der Waals surface area contributed by atoms with E-state index in [2.05, 4.69) is 0 Å². The highest BCUT2D eigenvalue weighted by Gasteiger charge is 2.23. The second-order valence-corrected chi connectivity index (χ2v) is 4.88. The second-order valence-electron chi connectivity index (χ2n) is 3.90. The first kappa shape index (κ1) is 12.5. The Morgan fingerprint density at radius 1 is 1.44 bits per heavy atom. The molecule has 2 rings (SSSR count). The molecule has 1 heterocycles. The summed E-state index contributed by atoms with van der Waals surface area (Å²) in [5, 5.41) is 11.0. The summed E-state index contributed by atoms with van der Waals surface area (Å²) in [4.78, 5) is 13.0. The number of benzene rings is 1. The molecule has 90 valence electrons. The number of carbonyl (C=O) groups excluding carboxylic acids is 1. The summed E-state index contributed by atoms with van der Waals surface area (Å²) in [5.74, 6) is -1.47. The highest BCUT2D eigenvalue weighted by atomic mass is 32.1. The van der Waals surface area contributed by atoms with Crippen LogP contribution >= 0.6 is 11.3 Å². The van der Waals surface area contributed by atoms with Crippen LogP contribution in [0.2, 0.25) is 0 Å². The van der Waals surface area contributed by atoms with E-state index in [0.29, 0.717) is 16.0 Å². The van der Waals surface area contributed by atoms with Gasteiger partial charge in [0.15, 0.2) is 5.78 Å². The monoisotopic (exact) mass is 259 g/mol. The molecule has 1 atom stereocenters. The molecular weight excluding hydrogens is 249 g/mol. The van der Waals surface area contributed by atoms with E-state index in [0.717, 1.165) is 0 Å². The van der Waals surface area contributed by atoms with Crippen LogP contribution in [0.15, 0.2) is 35.7 Å². The van der Waals surface area contributed by atoms with Crippen molar-refractivity contribution in [3.8, 4) is 6.07 Å². The number of nitrogens with zero attached hydrogens (tertiary/aromatic N) is 1. The van der Waals surface area contributed by atoms with Crippen molar-refractivity contribution in [2.75, 3.05) is 0 Å². The summed E-state index contributed by atoms with van der Waals surface area (Å²) in [7, 11) is 0. The van der Waals surface area contributed by atoms with Crippen LogP contribution in [-0.4, -0.2) is 5.78 Å². The van der Waals surface area contributed by atoms with E-state index in [1.54, 1.807) is 19.1 Å². The van der Waals surface area contributed by atoms with Gasteiger partial charge in [0.1, 0.15) is 11.7 Å². The van der Waals surface area contributed by atoms with Crippen LogP contribution in [0.4, 0.5) is 4.39 Å². The molecular formula is C14H10FNOS. The maximum Gasteiger partial charge on any atom is 0.185 e. The molecule has 1 aromatic heterocycles. The largest absolute Gasteiger partial charge is 0.292 e. The van der Waals surface area contributed by atoms with Crippen LogP contribution in [-0.2, 0) is 0 Å². The molecule has 0 aliphatic rings. The zero-order valence-corrected chi connectivity index (χ0v) is 10.5. The highest BCUT2D eigenvalue weighted by molar-refractivity contribution is 7.10. The third kappa shape index (κ3) is 2.31. The molecule has 0 aliphatic carbocycles. The number of Topliss-reactive ketones (excluding diaryl/α,β-unsaturated/α-hetero) is 1. The summed E-state index contributed by atoms with van der Waals surface area (Å²) in [6, 6.07) is 9.55. The molecule has 0 N–H and O–H groups in total. The van der Waals surface area contributed by atoms with E-state index >= 15 is 0 Å². The summed E-state index contributed by atoms with van der Waals surface area (Å²) >= 11 is 1.37. The Morgan fingerprint density at radius 2 is 2.22 bits per heavy atom. The molecule has 2 nitrogen and oxygen atoms in total. The Morgan fingerprint density at radius 3 is 2.78 bits per heavy atom. The molecule has 2 aromatic rings. The van der Waals surface area contributed by atoms with Gasteiger partial charge in [0.2, 0.25) is 0 Å². The van der Waals surface area contributed by atoms with E-state index in [9.17, 15) is 9.18 Å². The number of thiophene rings is 1. The van der Waals surface area contributed by atoms with Gasteiger partial charge >= 0.3 is 0 Å². The number of ketones is 1.